The summed E-state index contributed by atoms with van der Waals surface area (Å²) in [5, 5.41) is 0. The maximum Gasteiger partial charge on any atom is 0.314 e. The average molecular weight is 410 g/mol. The molecule has 124 valence electrons. The molecule has 0 spiro atoms. The van der Waals surface area contributed by atoms with Crippen molar-refractivity contribution in [2.45, 2.75) is 11.8 Å². The fourth-order valence-electron chi connectivity index (χ4n) is 2.30. The van der Waals surface area contributed by atoms with Gasteiger partial charge in [-0.25, -0.2) is 8.42 Å². The van der Waals surface area contributed by atoms with Crippen LogP contribution in [0.25, 0.3) is 11.0 Å². The van der Waals surface area contributed by atoms with Crippen molar-refractivity contribution in [1.82, 2.24) is 9.97 Å². The lowest BCUT2D eigenvalue weighted by Crippen LogP contribution is -2.29. The van der Waals surface area contributed by atoms with Crippen LogP contribution in [0.4, 0.5) is 5.69 Å². The molecule has 3 aromatic rings. The first-order valence-electron chi connectivity index (χ1n) is 6.81. The summed E-state index contributed by atoms with van der Waals surface area (Å²) in [7, 11) is -3.86. The number of aryl methyl sites for hydroxylation is 1. The van der Waals surface area contributed by atoms with Gasteiger partial charge in [-0.3, -0.25) is 14.3 Å². The summed E-state index contributed by atoms with van der Waals surface area (Å²) in [4.78, 5) is 27.6. The second-order valence-corrected chi connectivity index (χ2v) is 7.75. The fourth-order valence-corrected chi connectivity index (χ4v) is 4.01. The molecule has 24 heavy (non-hydrogen) atoms. The van der Waals surface area contributed by atoms with E-state index < -0.39 is 21.1 Å². The van der Waals surface area contributed by atoms with Crippen molar-refractivity contribution in [3.63, 3.8) is 0 Å². The minimum absolute atomic E-state index is 0.0117. The number of aromatic nitrogens is 2. The smallest absolute Gasteiger partial charge is 0.314 e. The van der Waals surface area contributed by atoms with Crippen molar-refractivity contribution >= 4 is 42.7 Å². The largest absolute Gasteiger partial charge is 0.316 e. The third-order valence-corrected chi connectivity index (χ3v) is 5.40. The summed E-state index contributed by atoms with van der Waals surface area (Å²) in [5.74, 6) is 0. The van der Waals surface area contributed by atoms with Crippen LogP contribution in [-0.4, -0.2) is 18.4 Å². The lowest BCUT2D eigenvalue weighted by atomic mass is 10.2. The van der Waals surface area contributed by atoms with E-state index in [0.29, 0.717) is 16.8 Å². The highest BCUT2D eigenvalue weighted by Crippen LogP contribution is 2.24. The van der Waals surface area contributed by atoms with E-state index in [0.717, 1.165) is 4.47 Å². The second-order valence-electron chi connectivity index (χ2n) is 5.19. The number of nitrogens with one attached hydrogen (secondary N) is 3. The van der Waals surface area contributed by atoms with Gasteiger partial charge in [0.25, 0.3) is 10.0 Å². The third-order valence-electron chi connectivity index (χ3n) is 3.38. The van der Waals surface area contributed by atoms with E-state index in [9.17, 15) is 18.0 Å². The zero-order valence-electron chi connectivity index (χ0n) is 12.4. The van der Waals surface area contributed by atoms with Crippen molar-refractivity contribution in [3.05, 3.63) is 67.1 Å². The Morgan fingerprint density at radius 2 is 1.62 bits per heavy atom. The van der Waals surface area contributed by atoms with Gasteiger partial charge in [-0.2, -0.15) is 0 Å². The quantitative estimate of drug-likeness (QED) is 0.574. The lowest BCUT2D eigenvalue weighted by molar-refractivity contribution is 0.600. The van der Waals surface area contributed by atoms with E-state index in [4.69, 9.17) is 0 Å². The highest BCUT2D eigenvalue weighted by Gasteiger charge is 2.18. The molecule has 0 radical (unpaired) electrons. The number of H-pyrrole nitrogens is 2. The van der Waals surface area contributed by atoms with Crippen molar-refractivity contribution < 1.29 is 8.42 Å². The van der Waals surface area contributed by atoms with Crippen molar-refractivity contribution in [3.8, 4) is 0 Å². The third kappa shape index (κ3) is 3.13. The molecule has 2 aromatic carbocycles. The molecule has 0 bridgehead atoms. The Kier molecular flexibility index (Phi) is 4.06. The van der Waals surface area contributed by atoms with Crippen LogP contribution in [0, 0.1) is 6.92 Å². The molecule has 3 rings (SSSR count). The number of hydrogen-bond donors (Lipinski definition) is 3. The van der Waals surface area contributed by atoms with Gasteiger partial charge in [0, 0.05) is 10.2 Å². The predicted octanol–water partition coefficient (Wildman–Crippen LogP) is 2.09. The molecular weight excluding hydrogens is 398 g/mol. The Labute approximate surface area is 144 Å². The molecule has 0 aliphatic rings. The topological polar surface area (TPSA) is 112 Å². The number of aromatic amines is 2. The number of halogens is 1. The number of anilines is 1. The fraction of sp³-hybridized carbons (Fsp3) is 0.0667. The van der Waals surface area contributed by atoms with Crippen LogP contribution in [-0.2, 0) is 10.0 Å². The first kappa shape index (κ1) is 16.5. The monoisotopic (exact) mass is 409 g/mol. The van der Waals surface area contributed by atoms with E-state index in [1.807, 2.05) is 0 Å². The first-order valence-corrected chi connectivity index (χ1v) is 9.09. The van der Waals surface area contributed by atoms with Gasteiger partial charge in [0.15, 0.2) is 0 Å². The van der Waals surface area contributed by atoms with Gasteiger partial charge in [0.2, 0.25) is 0 Å². The molecule has 0 aliphatic heterocycles. The average Bonchev–Trinajstić information content (AvgIpc) is 2.48. The van der Waals surface area contributed by atoms with Crippen LogP contribution in [0.15, 0.2) is 55.4 Å². The Balaban J connectivity index is 2.13. The molecule has 0 saturated heterocycles. The highest BCUT2D eigenvalue weighted by molar-refractivity contribution is 9.10. The van der Waals surface area contributed by atoms with Gasteiger partial charge < -0.3 is 9.97 Å². The van der Waals surface area contributed by atoms with Gasteiger partial charge >= 0.3 is 11.1 Å². The maximum absolute atomic E-state index is 12.6. The lowest BCUT2D eigenvalue weighted by Gasteiger charge is -2.11. The minimum Gasteiger partial charge on any atom is -0.316 e. The molecule has 0 aliphatic carbocycles. The summed E-state index contributed by atoms with van der Waals surface area (Å²) >= 11 is 3.28. The molecule has 1 aromatic heterocycles. The van der Waals surface area contributed by atoms with Gasteiger partial charge in [-0.1, -0.05) is 22.0 Å². The molecule has 0 saturated carbocycles. The second kappa shape index (κ2) is 5.91. The molecule has 9 heteroatoms. The van der Waals surface area contributed by atoms with Crippen molar-refractivity contribution in [2.24, 2.45) is 0 Å². The molecule has 1 heterocycles. The minimum atomic E-state index is -3.86. The van der Waals surface area contributed by atoms with Crippen LogP contribution < -0.4 is 15.8 Å². The van der Waals surface area contributed by atoms with Gasteiger partial charge in [-0.15, -0.1) is 0 Å². The van der Waals surface area contributed by atoms with E-state index in [2.05, 4.69) is 30.6 Å². The zero-order valence-corrected chi connectivity index (χ0v) is 14.8. The molecule has 0 unspecified atom stereocenters. The first-order chi connectivity index (χ1) is 11.3. The van der Waals surface area contributed by atoms with E-state index in [1.54, 1.807) is 31.2 Å². The number of benzene rings is 2. The normalized spacial score (nSPS) is 11.6. The summed E-state index contributed by atoms with van der Waals surface area (Å²) in [5.41, 5.74) is -0.190. The summed E-state index contributed by atoms with van der Waals surface area (Å²) in [6.45, 7) is 1.61. The van der Waals surface area contributed by atoms with E-state index in [-0.39, 0.29) is 10.4 Å². The zero-order chi connectivity index (χ0) is 17.5. The Hall–Kier alpha value is -2.39. The number of sulfonamides is 1. The highest BCUT2D eigenvalue weighted by atomic mass is 79.9. The van der Waals surface area contributed by atoms with Crippen molar-refractivity contribution in [1.29, 1.82) is 0 Å². The Bertz CT molecular complexity index is 1170. The number of fused-ring (bicyclic) bond motifs is 1. The summed E-state index contributed by atoms with van der Waals surface area (Å²) in [6, 6.07) is 9.56. The summed E-state index contributed by atoms with van der Waals surface area (Å²) in [6.07, 6.45) is 0. The van der Waals surface area contributed by atoms with Gasteiger partial charge in [-0.05, 0) is 42.8 Å². The van der Waals surface area contributed by atoms with Crippen molar-refractivity contribution in [2.75, 3.05) is 4.72 Å². The SMILES string of the molecule is Cc1cc2[nH]c(=O)c(=O)[nH]c2cc1S(=O)(=O)Nc1cccc(Br)c1. The number of rotatable bonds is 3. The molecule has 0 amide bonds. The van der Waals surface area contributed by atoms with E-state index >= 15 is 0 Å². The van der Waals surface area contributed by atoms with Crippen LogP contribution >= 0.6 is 15.9 Å². The number of hydrogen-bond acceptors (Lipinski definition) is 4. The van der Waals surface area contributed by atoms with Crippen LogP contribution in [0.5, 0.6) is 0 Å². The maximum atomic E-state index is 12.6. The molecular formula is C15H12BrN3O4S. The van der Waals surface area contributed by atoms with E-state index in [1.165, 1.54) is 12.1 Å². The molecule has 0 atom stereocenters. The Morgan fingerprint density at radius 1 is 1.00 bits per heavy atom. The van der Waals surface area contributed by atoms with Gasteiger partial charge in [0.05, 0.1) is 15.9 Å². The summed E-state index contributed by atoms with van der Waals surface area (Å²) < 4.78 is 28.5. The molecule has 0 fully saturated rings. The van der Waals surface area contributed by atoms with Crippen LogP contribution in [0.2, 0.25) is 0 Å². The predicted molar refractivity (Wildman–Crippen MR) is 94.9 cm³/mol. The van der Waals surface area contributed by atoms with Crippen LogP contribution in [0.3, 0.4) is 0 Å². The Morgan fingerprint density at radius 3 is 2.25 bits per heavy atom. The molecule has 3 N–H and O–H groups in total. The molecule has 7 nitrogen and oxygen atoms in total. The standard InChI is InChI=1S/C15H12BrN3O4S/c1-8-5-11-12(18-15(21)14(20)17-11)7-13(8)24(22,23)19-10-4-2-3-9(16)6-10/h2-7,19H,1H3,(H,17,20)(H,18,21). The van der Waals surface area contributed by atoms with Crippen LogP contribution in [0.1, 0.15) is 5.56 Å². The van der Waals surface area contributed by atoms with Gasteiger partial charge in [0.1, 0.15) is 0 Å².